The van der Waals surface area contributed by atoms with Gasteiger partial charge in [0.2, 0.25) is 0 Å². The SMILES string of the molecule is [CH2-]N=[N+]=[N-].[Zn]. The van der Waals surface area contributed by atoms with Crippen molar-refractivity contribution in [1.29, 1.82) is 0 Å². The molecule has 0 amide bonds. The predicted molar refractivity (Wildman–Crippen MR) is 14.5 cm³/mol. The molecule has 0 unspecified atom stereocenters. The van der Waals surface area contributed by atoms with Crippen LogP contribution in [0.15, 0.2) is 5.11 Å². The van der Waals surface area contributed by atoms with Gasteiger partial charge in [-0.25, -0.2) is 0 Å². The molecule has 24 valence electrons. The fourth-order valence-corrected chi connectivity index (χ4v) is 0. The summed E-state index contributed by atoms with van der Waals surface area (Å²) in [6.07, 6.45) is 0. The van der Waals surface area contributed by atoms with Crippen molar-refractivity contribution < 1.29 is 19.5 Å². The van der Waals surface area contributed by atoms with Crippen molar-refractivity contribution in [3.8, 4) is 0 Å². The van der Waals surface area contributed by atoms with Crippen molar-refractivity contribution in [3.05, 3.63) is 17.5 Å². The molecular formula is CH2N3Zn-. The molecular weight excluding hydrogens is 119 g/mol. The average Bonchev–Trinajstić information content (AvgIpc) is 1.37. The largest absolute Gasteiger partial charge is 0.331 e. The van der Waals surface area contributed by atoms with Gasteiger partial charge in [-0.3, -0.25) is 5.11 Å². The van der Waals surface area contributed by atoms with E-state index in [0.29, 0.717) is 0 Å². The van der Waals surface area contributed by atoms with Crippen molar-refractivity contribution in [2.45, 2.75) is 0 Å². The van der Waals surface area contributed by atoms with Crippen LogP contribution in [0.25, 0.3) is 10.4 Å². The maximum atomic E-state index is 7.27. The Morgan fingerprint density at radius 3 is 2.00 bits per heavy atom. The molecule has 0 N–H and O–H groups in total. The summed E-state index contributed by atoms with van der Waals surface area (Å²) in [7, 11) is 2.81. The number of azide groups is 1. The summed E-state index contributed by atoms with van der Waals surface area (Å²) >= 11 is 0. The Bertz CT molecular complexity index is 44.9. The third-order valence-corrected chi connectivity index (χ3v) is 0.0632. The van der Waals surface area contributed by atoms with Crippen LogP contribution in [-0.2, 0) is 19.5 Å². The van der Waals surface area contributed by atoms with Gasteiger partial charge in [0.1, 0.15) is 0 Å². The second-order valence-electron chi connectivity index (χ2n) is 0.231. The van der Waals surface area contributed by atoms with Crippen LogP contribution in [0.1, 0.15) is 0 Å². The zero-order valence-electron chi connectivity index (χ0n) is 2.76. The first-order valence-corrected chi connectivity index (χ1v) is 0.716. The molecule has 3 nitrogen and oxygen atoms in total. The van der Waals surface area contributed by atoms with E-state index in [1.165, 1.54) is 0 Å². The van der Waals surface area contributed by atoms with Crippen LogP contribution in [0, 0.1) is 7.05 Å². The maximum Gasteiger partial charge on any atom is 0 e. The van der Waals surface area contributed by atoms with E-state index in [1.54, 1.807) is 0 Å². The average molecular weight is 121 g/mol. The standard InChI is InChI=1S/CH2N3.Zn/c1-3-4-2;/h1H2;/q-1;. The first kappa shape index (κ1) is 8.84. The fraction of sp³-hybridized carbons (Fsp3) is 0. The summed E-state index contributed by atoms with van der Waals surface area (Å²) in [5.74, 6) is 0. The number of hydrogen-bond acceptors (Lipinski definition) is 1. The van der Waals surface area contributed by atoms with Gasteiger partial charge in [0.15, 0.2) is 0 Å². The number of rotatable bonds is 0. The molecule has 0 saturated heterocycles. The molecule has 4 heteroatoms. The van der Waals surface area contributed by atoms with E-state index in [4.69, 9.17) is 5.53 Å². The topological polar surface area (TPSA) is 48.8 Å². The molecule has 0 saturated carbocycles. The Morgan fingerprint density at radius 2 is 2.00 bits per heavy atom. The van der Waals surface area contributed by atoms with Gasteiger partial charge in [-0.2, -0.15) is 0 Å². The third-order valence-electron chi connectivity index (χ3n) is 0.0632. The van der Waals surface area contributed by atoms with Gasteiger partial charge >= 0.3 is 0 Å². The van der Waals surface area contributed by atoms with Gasteiger partial charge in [0.25, 0.3) is 0 Å². The van der Waals surface area contributed by atoms with Gasteiger partial charge in [-0.15, -0.1) is 0 Å². The summed E-state index contributed by atoms with van der Waals surface area (Å²) in [5.41, 5.74) is 7.27. The predicted octanol–water partition coefficient (Wildman–Crippen LogP) is 1.09. The van der Waals surface area contributed by atoms with Crippen LogP contribution in [0.5, 0.6) is 0 Å². The van der Waals surface area contributed by atoms with Gasteiger partial charge < -0.3 is 7.05 Å². The van der Waals surface area contributed by atoms with E-state index in [2.05, 4.69) is 17.1 Å². The molecule has 0 spiro atoms. The van der Waals surface area contributed by atoms with E-state index in [9.17, 15) is 0 Å². The van der Waals surface area contributed by atoms with Crippen molar-refractivity contribution in [2.75, 3.05) is 0 Å². The zero-order chi connectivity index (χ0) is 3.41. The molecule has 0 heterocycles. The Kier molecular flexibility index (Phi) is 16.3. The molecule has 0 fully saturated rings. The Balaban J connectivity index is 0. The quantitative estimate of drug-likeness (QED) is 0.151. The van der Waals surface area contributed by atoms with Crippen LogP contribution in [0.4, 0.5) is 0 Å². The molecule has 0 atom stereocenters. The molecule has 5 heavy (non-hydrogen) atoms. The summed E-state index contributed by atoms with van der Waals surface area (Å²) in [6, 6.07) is 0. The minimum atomic E-state index is 0. The molecule has 0 aliphatic carbocycles. The minimum Gasteiger partial charge on any atom is -0.331 e. The van der Waals surface area contributed by atoms with Gasteiger partial charge in [0.05, 0.1) is 0 Å². The zero-order valence-corrected chi connectivity index (χ0v) is 5.72. The van der Waals surface area contributed by atoms with E-state index in [0.717, 1.165) is 0 Å². The molecule has 0 radical (unpaired) electrons. The normalized spacial score (nSPS) is 3.20. The van der Waals surface area contributed by atoms with Gasteiger partial charge in [-0.05, 0) is 10.4 Å². The van der Waals surface area contributed by atoms with Crippen molar-refractivity contribution in [2.24, 2.45) is 5.11 Å². The molecule has 0 aliphatic rings. The number of hydrogen-bond donors (Lipinski definition) is 0. The molecule has 0 aliphatic heterocycles. The van der Waals surface area contributed by atoms with Crippen molar-refractivity contribution >= 4 is 0 Å². The fourth-order valence-electron chi connectivity index (χ4n) is 0. The molecule has 0 bridgehead atoms. The molecule has 0 aromatic carbocycles. The monoisotopic (exact) mass is 120 g/mol. The summed E-state index contributed by atoms with van der Waals surface area (Å²) in [6.45, 7) is 0. The molecule has 0 aromatic rings. The van der Waals surface area contributed by atoms with Crippen molar-refractivity contribution in [1.82, 2.24) is 0 Å². The van der Waals surface area contributed by atoms with Crippen molar-refractivity contribution in [3.63, 3.8) is 0 Å². The van der Waals surface area contributed by atoms with Crippen LogP contribution >= 0.6 is 0 Å². The van der Waals surface area contributed by atoms with Crippen LogP contribution in [-0.4, -0.2) is 0 Å². The third kappa shape index (κ3) is 19.2. The van der Waals surface area contributed by atoms with E-state index < -0.39 is 0 Å². The van der Waals surface area contributed by atoms with Gasteiger partial charge in [-0.1, -0.05) is 0 Å². The van der Waals surface area contributed by atoms with Crippen LogP contribution in [0.2, 0.25) is 0 Å². The Labute approximate surface area is 42.8 Å². The van der Waals surface area contributed by atoms with Gasteiger partial charge in [0, 0.05) is 19.5 Å². The minimum absolute atomic E-state index is 0. The first-order chi connectivity index (χ1) is 1.91. The van der Waals surface area contributed by atoms with E-state index in [1.807, 2.05) is 0 Å². The molecule has 0 rings (SSSR count). The summed E-state index contributed by atoms with van der Waals surface area (Å²) < 4.78 is 0. The van der Waals surface area contributed by atoms with E-state index >= 15 is 0 Å². The Hall–Kier alpha value is -0.197. The first-order valence-electron chi connectivity index (χ1n) is 0.716. The second-order valence-corrected chi connectivity index (χ2v) is 0.231. The summed E-state index contributed by atoms with van der Waals surface area (Å²) in [4.78, 5) is 2.25. The smallest absolute Gasteiger partial charge is 0 e. The Morgan fingerprint density at radius 1 is 1.80 bits per heavy atom. The summed E-state index contributed by atoms with van der Waals surface area (Å²) in [5, 5.41) is 2.67. The van der Waals surface area contributed by atoms with E-state index in [-0.39, 0.29) is 19.5 Å². The second kappa shape index (κ2) is 9.19. The molecule has 0 aromatic heterocycles. The van der Waals surface area contributed by atoms with Crippen LogP contribution in [0.3, 0.4) is 0 Å². The number of nitrogens with zero attached hydrogens (tertiary/aromatic N) is 3. The maximum absolute atomic E-state index is 7.27. The van der Waals surface area contributed by atoms with Crippen LogP contribution < -0.4 is 0 Å².